The second kappa shape index (κ2) is 5.40. The fourth-order valence-electron chi connectivity index (χ4n) is 1.97. The lowest BCUT2D eigenvalue weighted by Gasteiger charge is -2.22. The number of ether oxygens (including phenoxy) is 1. The van der Waals surface area contributed by atoms with Crippen LogP contribution in [0.25, 0.3) is 0 Å². The quantitative estimate of drug-likeness (QED) is 0.805. The van der Waals surface area contributed by atoms with Crippen molar-refractivity contribution in [3.63, 3.8) is 0 Å². The first-order valence-corrected chi connectivity index (χ1v) is 7.12. The van der Waals surface area contributed by atoms with Gasteiger partial charge in [-0.3, -0.25) is 0 Å². The molecule has 2 rings (SSSR count). The maximum atomic E-state index is 6.21. The van der Waals surface area contributed by atoms with Crippen LogP contribution in [0.3, 0.4) is 0 Å². The second-order valence-corrected chi connectivity index (χ2v) is 5.92. The molecule has 1 aromatic rings. The molecule has 0 aromatic heterocycles. The molecule has 0 heterocycles. The van der Waals surface area contributed by atoms with E-state index in [0.717, 1.165) is 17.9 Å². The molecule has 0 radical (unpaired) electrons. The third kappa shape index (κ3) is 3.11. The molecule has 1 saturated carbocycles. The van der Waals surface area contributed by atoms with Crippen molar-refractivity contribution in [1.29, 1.82) is 0 Å². The largest absolute Gasteiger partial charge is 0.492 e. The van der Waals surface area contributed by atoms with Crippen molar-refractivity contribution in [2.45, 2.75) is 46.1 Å². The maximum absolute atomic E-state index is 6.21. The summed E-state index contributed by atoms with van der Waals surface area (Å²) in [4.78, 5) is 0. The van der Waals surface area contributed by atoms with Crippen LogP contribution in [0.5, 0.6) is 5.75 Å². The van der Waals surface area contributed by atoms with Crippen LogP contribution in [0, 0.1) is 5.41 Å². The van der Waals surface area contributed by atoms with E-state index in [2.05, 4.69) is 26.1 Å². The molecule has 1 atom stereocenters. The van der Waals surface area contributed by atoms with Gasteiger partial charge in [0.15, 0.2) is 0 Å². The Morgan fingerprint density at radius 3 is 2.72 bits per heavy atom. The molecule has 2 nitrogen and oxygen atoms in total. The molecule has 18 heavy (non-hydrogen) atoms. The predicted molar refractivity (Wildman–Crippen MR) is 77.7 cm³/mol. The topological polar surface area (TPSA) is 21.3 Å². The summed E-state index contributed by atoms with van der Waals surface area (Å²) >= 11 is 6.21. The van der Waals surface area contributed by atoms with E-state index in [4.69, 9.17) is 16.3 Å². The van der Waals surface area contributed by atoms with Gasteiger partial charge in [-0.1, -0.05) is 25.4 Å². The number of nitrogens with one attached hydrogen (secondary N) is 1. The van der Waals surface area contributed by atoms with Gasteiger partial charge in [-0.05, 0) is 49.8 Å². The molecule has 1 fully saturated rings. The molecule has 1 N–H and O–H groups in total. The molecule has 0 bridgehead atoms. The van der Waals surface area contributed by atoms with E-state index < -0.39 is 0 Å². The number of halogens is 1. The molecular formula is C15H22ClNO. The summed E-state index contributed by atoms with van der Waals surface area (Å²) in [7, 11) is 0. The Morgan fingerprint density at radius 1 is 1.44 bits per heavy atom. The Kier molecular flexibility index (Phi) is 4.06. The highest BCUT2D eigenvalue weighted by Gasteiger charge is 2.42. The lowest BCUT2D eigenvalue weighted by Crippen LogP contribution is -2.24. The number of anilines is 1. The van der Waals surface area contributed by atoms with Crippen LogP contribution >= 0.6 is 11.6 Å². The van der Waals surface area contributed by atoms with Gasteiger partial charge in [-0.15, -0.1) is 0 Å². The van der Waals surface area contributed by atoms with Crippen LogP contribution in [0.1, 0.15) is 40.0 Å². The molecule has 100 valence electrons. The van der Waals surface area contributed by atoms with Crippen molar-refractivity contribution >= 4 is 17.3 Å². The van der Waals surface area contributed by atoms with Gasteiger partial charge in [0.1, 0.15) is 5.75 Å². The highest BCUT2D eigenvalue weighted by Crippen LogP contribution is 2.49. The first kappa shape index (κ1) is 13.5. The highest BCUT2D eigenvalue weighted by atomic mass is 35.5. The van der Waals surface area contributed by atoms with Gasteiger partial charge < -0.3 is 10.1 Å². The van der Waals surface area contributed by atoms with Gasteiger partial charge in [-0.25, -0.2) is 0 Å². The third-order valence-corrected chi connectivity index (χ3v) is 4.16. The zero-order chi connectivity index (χ0) is 13.2. The van der Waals surface area contributed by atoms with Crippen LogP contribution in [-0.2, 0) is 0 Å². The van der Waals surface area contributed by atoms with Crippen LogP contribution in [0.15, 0.2) is 18.2 Å². The Morgan fingerprint density at radius 2 is 2.17 bits per heavy atom. The predicted octanol–water partition coefficient (Wildman–Crippen LogP) is 4.73. The minimum Gasteiger partial charge on any atom is -0.492 e. The standard InChI is InChI=1S/C15H22ClNO/c1-4-9-18-14-6-5-12(10-13(14)16)17-11(2)15(3)7-8-15/h5-6,10-11,17H,4,7-9H2,1-3H3. The summed E-state index contributed by atoms with van der Waals surface area (Å²) in [5.74, 6) is 0.773. The number of rotatable bonds is 6. The highest BCUT2D eigenvalue weighted by molar-refractivity contribution is 6.32. The minimum atomic E-state index is 0.462. The van der Waals surface area contributed by atoms with Crippen molar-refractivity contribution < 1.29 is 4.74 Å². The van der Waals surface area contributed by atoms with Gasteiger partial charge in [0.2, 0.25) is 0 Å². The van der Waals surface area contributed by atoms with Crippen LogP contribution in [0.4, 0.5) is 5.69 Å². The van der Waals surface area contributed by atoms with E-state index in [9.17, 15) is 0 Å². The molecule has 0 spiro atoms. The summed E-state index contributed by atoms with van der Waals surface area (Å²) in [6.45, 7) is 7.36. The van der Waals surface area contributed by atoms with Crippen molar-refractivity contribution in [3.8, 4) is 5.75 Å². The van der Waals surface area contributed by atoms with Gasteiger partial charge in [-0.2, -0.15) is 0 Å². The minimum absolute atomic E-state index is 0.462. The lowest BCUT2D eigenvalue weighted by atomic mass is 10.0. The number of benzene rings is 1. The monoisotopic (exact) mass is 267 g/mol. The van der Waals surface area contributed by atoms with E-state index >= 15 is 0 Å². The Hall–Kier alpha value is -0.890. The average Bonchev–Trinajstić information content (AvgIpc) is 3.08. The van der Waals surface area contributed by atoms with Crippen molar-refractivity contribution in [3.05, 3.63) is 23.2 Å². The van der Waals surface area contributed by atoms with Gasteiger partial charge in [0, 0.05) is 11.7 Å². The first-order chi connectivity index (χ1) is 8.55. The van der Waals surface area contributed by atoms with Crippen molar-refractivity contribution in [2.24, 2.45) is 5.41 Å². The van der Waals surface area contributed by atoms with E-state index in [-0.39, 0.29) is 0 Å². The number of hydrogen-bond acceptors (Lipinski definition) is 2. The van der Waals surface area contributed by atoms with Gasteiger partial charge in [0.05, 0.1) is 11.6 Å². The van der Waals surface area contributed by atoms with Gasteiger partial charge in [0.25, 0.3) is 0 Å². The average molecular weight is 268 g/mol. The van der Waals surface area contributed by atoms with E-state index in [1.54, 1.807) is 0 Å². The molecule has 0 amide bonds. The summed E-state index contributed by atoms with van der Waals surface area (Å²) in [5.41, 5.74) is 1.54. The summed E-state index contributed by atoms with van der Waals surface area (Å²) in [6, 6.07) is 6.42. The first-order valence-electron chi connectivity index (χ1n) is 6.74. The normalized spacial score (nSPS) is 18.2. The van der Waals surface area contributed by atoms with Crippen molar-refractivity contribution in [1.82, 2.24) is 0 Å². The third-order valence-electron chi connectivity index (χ3n) is 3.86. The number of hydrogen-bond donors (Lipinski definition) is 1. The molecule has 0 saturated heterocycles. The van der Waals surface area contributed by atoms with E-state index in [0.29, 0.717) is 23.1 Å². The fourth-order valence-corrected chi connectivity index (χ4v) is 2.21. The van der Waals surface area contributed by atoms with Crippen LogP contribution in [-0.4, -0.2) is 12.6 Å². The maximum Gasteiger partial charge on any atom is 0.138 e. The zero-order valence-corrected chi connectivity index (χ0v) is 12.2. The Balaban J connectivity index is 1.99. The molecule has 1 aromatic carbocycles. The Bertz CT molecular complexity index is 415. The van der Waals surface area contributed by atoms with Gasteiger partial charge >= 0.3 is 0 Å². The molecule has 3 heteroatoms. The van der Waals surface area contributed by atoms with Crippen molar-refractivity contribution in [2.75, 3.05) is 11.9 Å². The summed E-state index contributed by atoms with van der Waals surface area (Å²) in [6.07, 6.45) is 3.62. The van der Waals surface area contributed by atoms with E-state index in [1.807, 2.05) is 18.2 Å². The molecule has 1 unspecified atom stereocenters. The smallest absolute Gasteiger partial charge is 0.138 e. The molecular weight excluding hydrogens is 246 g/mol. The Labute approximate surface area is 115 Å². The SMILES string of the molecule is CCCOc1ccc(NC(C)C2(C)CC2)cc1Cl. The zero-order valence-electron chi connectivity index (χ0n) is 11.4. The lowest BCUT2D eigenvalue weighted by molar-refractivity contribution is 0.317. The fraction of sp³-hybridized carbons (Fsp3) is 0.600. The molecule has 1 aliphatic rings. The van der Waals surface area contributed by atoms with E-state index in [1.165, 1.54) is 12.8 Å². The van der Waals surface area contributed by atoms with Crippen LogP contribution < -0.4 is 10.1 Å². The second-order valence-electron chi connectivity index (χ2n) is 5.51. The molecule has 1 aliphatic carbocycles. The molecule has 0 aliphatic heterocycles. The van der Waals surface area contributed by atoms with Crippen LogP contribution in [0.2, 0.25) is 5.02 Å². The summed E-state index contributed by atoms with van der Waals surface area (Å²) < 4.78 is 5.57. The summed E-state index contributed by atoms with van der Waals surface area (Å²) in [5, 5.41) is 4.21.